The molecular formula is C24H25F3N2O4. The van der Waals surface area contributed by atoms with E-state index in [1.807, 2.05) is 26.0 Å². The van der Waals surface area contributed by atoms with Crippen LogP contribution in [0.4, 0.5) is 18.9 Å². The molecule has 0 unspecified atom stereocenters. The number of alkyl halides is 3. The molecule has 0 atom stereocenters. The molecule has 3 rings (SSSR count). The van der Waals surface area contributed by atoms with Crippen molar-refractivity contribution in [1.29, 1.82) is 0 Å². The maximum atomic E-state index is 12.7. The molecule has 1 fully saturated rings. The first-order chi connectivity index (χ1) is 15.5. The number of ether oxygens (including phenoxy) is 1. The van der Waals surface area contributed by atoms with Gasteiger partial charge in [-0.1, -0.05) is 6.07 Å². The van der Waals surface area contributed by atoms with E-state index in [-0.39, 0.29) is 24.6 Å². The molecule has 0 aromatic heterocycles. The zero-order valence-electron chi connectivity index (χ0n) is 18.4. The van der Waals surface area contributed by atoms with Crippen molar-refractivity contribution in [3.05, 3.63) is 64.7 Å². The van der Waals surface area contributed by atoms with Gasteiger partial charge < -0.3 is 15.0 Å². The number of anilines is 1. The highest BCUT2D eigenvalue weighted by molar-refractivity contribution is 5.95. The van der Waals surface area contributed by atoms with Gasteiger partial charge in [-0.2, -0.15) is 13.2 Å². The molecule has 2 aromatic rings. The largest absolute Gasteiger partial charge is 0.455 e. The molecule has 0 aliphatic carbocycles. The summed E-state index contributed by atoms with van der Waals surface area (Å²) in [4.78, 5) is 38.4. The molecule has 0 bridgehead atoms. The number of benzene rings is 2. The Labute approximate surface area is 189 Å². The molecule has 2 aromatic carbocycles. The lowest BCUT2D eigenvalue weighted by Crippen LogP contribution is -2.41. The highest BCUT2D eigenvalue weighted by atomic mass is 19.4. The lowest BCUT2D eigenvalue weighted by molar-refractivity contribution is -0.152. The van der Waals surface area contributed by atoms with Crippen LogP contribution in [0.3, 0.4) is 0 Å². The maximum absolute atomic E-state index is 12.7. The topological polar surface area (TPSA) is 75.7 Å². The van der Waals surface area contributed by atoms with Crippen molar-refractivity contribution in [2.75, 3.05) is 25.0 Å². The molecule has 1 heterocycles. The summed E-state index contributed by atoms with van der Waals surface area (Å²) < 4.78 is 43.2. The Bertz CT molecular complexity index is 1030. The third-order valence-corrected chi connectivity index (χ3v) is 5.71. The number of aryl methyl sites for hydroxylation is 2. The quantitative estimate of drug-likeness (QED) is 0.671. The summed E-state index contributed by atoms with van der Waals surface area (Å²) in [5.74, 6) is -1.78. The normalized spacial score (nSPS) is 14.6. The van der Waals surface area contributed by atoms with Crippen LogP contribution in [0.1, 0.15) is 39.9 Å². The first-order valence-corrected chi connectivity index (χ1v) is 10.5. The Balaban J connectivity index is 1.45. The predicted octanol–water partition coefficient (Wildman–Crippen LogP) is 4.36. The predicted molar refractivity (Wildman–Crippen MR) is 116 cm³/mol. The van der Waals surface area contributed by atoms with E-state index >= 15 is 0 Å². The van der Waals surface area contributed by atoms with E-state index in [0.29, 0.717) is 18.5 Å². The molecule has 0 saturated carbocycles. The number of hydrogen-bond donors (Lipinski definition) is 1. The maximum Gasteiger partial charge on any atom is 0.416 e. The second-order valence-corrected chi connectivity index (χ2v) is 8.10. The van der Waals surface area contributed by atoms with Crippen LogP contribution in [0.25, 0.3) is 0 Å². The number of esters is 1. The van der Waals surface area contributed by atoms with Crippen LogP contribution in [-0.2, 0) is 20.5 Å². The van der Waals surface area contributed by atoms with E-state index in [2.05, 4.69) is 5.32 Å². The number of hydrogen-bond acceptors (Lipinski definition) is 4. The van der Waals surface area contributed by atoms with Crippen LogP contribution in [0, 0.1) is 19.8 Å². The molecular weight excluding hydrogens is 437 g/mol. The van der Waals surface area contributed by atoms with Gasteiger partial charge in [-0.25, -0.2) is 0 Å². The van der Waals surface area contributed by atoms with Gasteiger partial charge >= 0.3 is 12.1 Å². The number of carbonyl (C=O) groups excluding carboxylic acids is 3. The van der Waals surface area contributed by atoms with Gasteiger partial charge in [0.2, 0.25) is 0 Å². The van der Waals surface area contributed by atoms with Crippen LogP contribution in [0.15, 0.2) is 42.5 Å². The summed E-state index contributed by atoms with van der Waals surface area (Å²) in [7, 11) is 0. The van der Waals surface area contributed by atoms with Crippen molar-refractivity contribution >= 4 is 23.5 Å². The molecule has 1 saturated heterocycles. The van der Waals surface area contributed by atoms with Crippen molar-refractivity contribution in [3.63, 3.8) is 0 Å². The van der Waals surface area contributed by atoms with Crippen LogP contribution in [-0.4, -0.2) is 42.4 Å². The lowest BCUT2D eigenvalue weighted by atomic mass is 9.96. The number of amides is 2. The number of likely N-dealkylation sites (tertiary alicyclic amines) is 1. The van der Waals surface area contributed by atoms with Gasteiger partial charge in [0, 0.05) is 24.3 Å². The van der Waals surface area contributed by atoms with Gasteiger partial charge in [0.1, 0.15) is 0 Å². The first-order valence-electron chi connectivity index (χ1n) is 10.5. The fraction of sp³-hybridized carbons (Fsp3) is 0.375. The van der Waals surface area contributed by atoms with Gasteiger partial charge in [-0.15, -0.1) is 0 Å². The number of nitrogens with zero attached hydrogens (tertiary/aromatic N) is 1. The van der Waals surface area contributed by atoms with Crippen LogP contribution >= 0.6 is 0 Å². The van der Waals surface area contributed by atoms with E-state index < -0.39 is 36.1 Å². The standard InChI is InChI=1S/C24H25F3N2O4/c1-15-3-8-20(13-16(15)2)28-21(30)14-33-23(32)18-9-11-29(12-10-18)22(31)17-4-6-19(7-5-17)24(25,26)27/h3-8,13,18H,9-12,14H2,1-2H3,(H,28,30). The van der Waals surface area contributed by atoms with E-state index in [9.17, 15) is 27.6 Å². The Hall–Kier alpha value is -3.36. The van der Waals surface area contributed by atoms with Crippen LogP contribution < -0.4 is 5.32 Å². The molecule has 1 aliphatic heterocycles. The summed E-state index contributed by atoms with van der Waals surface area (Å²) in [6.45, 7) is 4.03. The minimum atomic E-state index is -4.46. The Morgan fingerprint density at radius 2 is 1.64 bits per heavy atom. The number of halogens is 3. The lowest BCUT2D eigenvalue weighted by Gasteiger charge is -2.31. The number of carbonyl (C=O) groups is 3. The molecule has 0 spiro atoms. The fourth-order valence-corrected chi connectivity index (χ4v) is 3.57. The van der Waals surface area contributed by atoms with Gasteiger partial charge in [-0.05, 0) is 74.2 Å². The zero-order valence-corrected chi connectivity index (χ0v) is 18.4. The molecule has 33 heavy (non-hydrogen) atoms. The van der Waals surface area contributed by atoms with Crippen LogP contribution in [0.2, 0.25) is 0 Å². The monoisotopic (exact) mass is 462 g/mol. The van der Waals surface area contributed by atoms with E-state index in [4.69, 9.17) is 4.74 Å². The molecule has 6 nitrogen and oxygen atoms in total. The Morgan fingerprint density at radius 3 is 2.21 bits per heavy atom. The van der Waals surface area contributed by atoms with Gasteiger partial charge in [-0.3, -0.25) is 14.4 Å². The minimum absolute atomic E-state index is 0.159. The van der Waals surface area contributed by atoms with Crippen LogP contribution in [0.5, 0.6) is 0 Å². The van der Waals surface area contributed by atoms with Crippen molar-refractivity contribution < 1.29 is 32.3 Å². The van der Waals surface area contributed by atoms with Gasteiger partial charge in [0.15, 0.2) is 6.61 Å². The van der Waals surface area contributed by atoms with Crippen molar-refractivity contribution in [1.82, 2.24) is 4.90 Å². The Kier molecular flexibility index (Phi) is 7.40. The molecule has 2 amide bonds. The van der Waals surface area contributed by atoms with Crippen molar-refractivity contribution in [2.45, 2.75) is 32.9 Å². The summed E-state index contributed by atoms with van der Waals surface area (Å²) in [6, 6.07) is 9.54. The zero-order chi connectivity index (χ0) is 24.2. The SMILES string of the molecule is Cc1ccc(NC(=O)COC(=O)C2CCN(C(=O)c3ccc(C(F)(F)F)cc3)CC2)cc1C. The van der Waals surface area contributed by atoms with E-state index in [0.717, 1.165) is 35.4 Å². The van der Waals surface area contributed by atoms with E-state index in [1.165, 1.54) is 4.90 Å². The smallest absolute Gasteiger partial charge is 0.416 e. The third-order valence-electron chi connectivity index (χ3n) is 5.71. The second-order valence-electron chi connectivity index (χ2n) is 8.10. The number of piperidine rings is 1. The first kappa shape index (κ1) is 24.3. The highest BCUT2D eigenvalue weighted by Gasteiger charge is 2.32. The molecule has 176 valence electrons. The van der Waals surface area contributed by atoms with Crippen molar-refractivity contribution in [3.8, 4) is 0 Å². The molecule has 0 radical (unpaired) electrons. The second kappa shape index (κ2) is 10.1. The molecule has 9 heteroatoms. The molecule has 1 aliphatic rings. The third kappa shape index (κ3) is 6.34. The summed E-state index contributed by atoms with van der Waals surface area (Å²) >= 11 is 0. The minimum Gasteiger partial charge on any atom is -0.455 e. The highest BCUT2D eigenvalue weighted by Crippen LogP contribution is 2.29. The van der Waals surface area contributed by atoms with Gasteiger partial charge in [0.25, 0.3) is 11.8 Å². The number of nitrogens with one attached hydrogen (secondary N) is 1. The number of rotatable bonds is 5. The van der Waals surface area contributed by atoms with E-state index in [1.54, 1.807) is 6.07 Å². The van der Waals surface area contributed by atoms with Crippen molar-refractivity contribution in [2.24, 2.45) is 5.92 Å². The summed E-state index contributed by atoms with van der Waals surface area (Å²) in [5, 5.41) is 2.68. The summed E-state index contributed by atoms with van der Waals surface area (Å²) in [6.07, 6.45) is -3.76. The average Bonchev–Trinajstić information content (AvgIpc) is 2.79. The average molecular weight is 462 g/mol. The molecule has 1 N–H and O–H groups in total. The Morgan fingerprint density at radius 1 is 1.00 bits per heavy atom. The fourth-order valence-electron chi connectivity index (χ4n) is 3.57. The van der Waals surface area contributed by atoms with Gasteiger partial charge in [0.05, 0.1) is 11.5 Å². The summed E-state index contributed by atoms with van der Waals surface area (Å²) in [5.41, 5.74) is 2.09.